The molecule has 23 heavy (non-hydrogen) atoms. The van der Waals surface area contributed by atoms with Crippen LogP contribution in [0.5, 0.6) is 0 Å². The van der Waals surface area contributed by atoms with Crippen LogP contribution in [-0.4, -0.2) is 55.2 Å². The average molecular weight is 345 g/mol. The van der Waals surface area contributed by atoms with Crippen molar-refractivity contribution in [1.29, 1.82) is 0 Å². The minimum atomic E-state index is -4.24. The van der Waals surface area contributed by atoms with Gasteiger partial charge in [-0.1, -0.05) is 0 Å². The Labute approximate surface area is 130 Å². The lowest BCUT2D eigenvalue weighted by Gasteiger charge is -2.21. The van der Waals surface area contributed by atoms with Crippen LogP contribution in [0.4, 0.5) is 13.6 Å². The second-order valence-corrected chi connectivity index (χ2v) is 7.21. The van der Waals surface area contributed by atoms with Gasteiger partial charge in [-0.25, -0.2) is 22.0 Å². The van der Waals surface area contributed by atoms with Crippen molar-refractivity contribution in [3.8, 4) is 0 Å². The molecular formula is C13H13F2N3O4S. The molecule has 0 spiro atoms. The number of carbonyl (C=O) groups excluding carboxylic acids is 2. The molecule has 1 unspecified atom stereocenters. The number of rotatable bonds is 3. The van der Waals surface area contributed by atoms with Crippen molar-refractivity contribution in [2.24, 2.45) is 0 Å². The molecule has 0 saturated carbocycles. The van der Waals surface area contributed by atoms with Crippen LogP contribution >= 0.6 is 0 Å². The number of halogens is 2. The summed E-state index contributed by atoms with van der Waals surface area (Å²) in [5.74, 6) is -2.35. The number of hydrogen-bond donors (Lipinski definition) is 1. The van der Waals surface area contributed by atoms with Crippen LogP contribution in [-0.2, 0) is 14.8 Å². The largest absolute Gasteiger partial charge is 0.329 e. The van der Waals surface area contributed by atoms with Gasteiger partial charge in [0.2, 0.25) is 15.9 Å². The summed E-state index contributed by atoms with van der Waals surface area (Å²) in [4.78, 5) is 23.5. The van der Waals surface area contributed by atoms with Crippen LogP contribution in [0.2, 0.25) is 0 Å². The molecule has 0 bridgehead atoms. The molecule has 2 saturated heterocycles. The normalized spacial score (nSPS) is 22.7. The molecule has 1 aromatic carbocycles. The summed E-state index contributed by atoms with van der Waals surface area (Å²) >= 11 is 0. The van der Waals surface area contributed by atoms with Gasteiger partial charge in [0, 0.05) is 13.1 Å². The SMILES string of the molecule is O=C1CNC(=O)N1C1CCN(S(=O)(=O)c2cc(F)ccc2F)C1. The van der Waals surface area contributed by atoms with Gasteiger partial charge in [0.15, 0.2) is 0 Å². The summed E-state index contributed by atoms with van der Waals surface area (Å²) in [6.45, 7) is -0.252. The molecular weight excluding hydrogens is 332 g/mol. The highest BCUT2D eigenvalue weighted by molar-refractivity contribution is 7.89. The molecule has 1 N–H and O–H groups in total. The van der Waals surface area contributed by atoms with E-state index >= 15 is 0 Å². The predicted octanol–water partition coefficient (Wildman–Crippen LogP) is 0.280. The van der Waals surface area contributed by atoms with E-state index in [9.17, 15) is 26.8 Å². The van der Waals surface area contributed by atoms with Crippen molar-refractivity contribution in [2.45, 2.75) is 17.4 Å². The first-order chi connectivity index (χ1) is 10.8. The van der Waals surface area contributed by atoms with Crippen molar-refractivity contribution in [1.82, 2.24) is 14.5 Å². The van der Waals surface area contributed by atoms with Crippen molar-refractivity contribution >= 4 is 22.0 Å². The van der Waals surface area contributed by atoms with Gasteiger partial charge in [-0.15, -0.1) is 0 Å². The molecule has 1 aromatic rings. The smallest absolute Gasteiger partial charge is 0.324 e. The van der Waals surface area contributed by atoms with Crippen LogP contribution in [0.25, 0.3) is 0 Å². The minimum Gasteiger partial charge on any atom is -0.329 e. The number of carbonyl (C=O) groups is 2. The average Bonchev–Trinajstić information content (AvgIpc) is 3.09. The summed E-state index contributed by atoms with van der Waals surface area (Å²) in [6, 6.07) is 1.00. The van der Waals surface area contributed by atoms with Gasteiger partial charge < -0.3 is 5.32 Å². The van der Waals surface area contributed by atoms with Crippen LogP contribution in [0.15, 0.2) is 23.1 Å². The zero-order valence-electron chi connectivity index (χ0n) is 11.8. The summed E-state index contributed by atoms with van der Waals surface area (Å²) in [5, 5.41) is 2.36. The topological polar surface area (TPSA) is 86.8 Å². The fourth-order valence-corrected chi connectivity index (χ4v) is 4.33. The van der Waals surface area contributed by atoms with E-state index in [1.54, 1.807) is 0 Å². The molecule has 0 radical (unpaired) electrons. The highest BCUT2D eigenvalue weighted by Gasteiger charge is 2.42. The second-order valence-electron chi connectivity index (χ2n) is 5.30. The molecule has 2 heterocycles. The number of urea groups is 1. The van der Waals surface area contributed by atoms with Gasteiger partial charge in [-0.2, -0.15) is 4.31 Å². The molecule has 2 aliphatic heterocycles. The van der Waals surface area contributed by atoms with Crippen LogP contribution < -0.4 is 5.32 Å². The van der Waals surface area contributed by atoms with E-state index in [-0.39, 0.29) is 26.1 Å². The number of hydrogen-bond acceptors (Lipinski definition) is 4. The zero-order valence-corrected chi connectivity index (χ0v) is 12.6. The first kappa shape index (κ1) is 15.8. The molecule has 7 nitrogen and oxygen atoms in total. The molecule has 2 fully saturated rings. The van der Waals surface area contributed by atoms with E-state index in [4.69, 9.17) is 0 Å². The van der Waals surface area contributed by atoms with Crippen molar-refractivity contribution in [3.05, 3.63) is 29.8 Å². The molecule has 3 amide bonds. The lowest BCUT2D eigenvalue weighted by Crippen LogP contribution is -2.43. The Morgan fingerprint density at radius 1 is 1.22 bits per heavy atom. The standard InChI is InChI=1S/C13H13F2N3O4S/c14-8-1-2-10(15)11(5-8)23(21,22)17-4-3-9(7-17)18-12(19)6-16-13(18)20/h1-2,5,9H,3-4,6-7H2,(H,16,20). The summed E-state index contributed by atoms with van der Waals surface area (Å²) < 4.78 is 52.8. The Morgan fingerprint density at radius 2 is 1.96 bits per heavy atom. The van der Waals surface area contributed by atoms with Crippen molar-refractivity contribution in [2.75, 3.05) is 19.6 Å². The van der Waals surface area contributed by atoms with Gasteiger partial charge in [0.1, 0.15) is 16.5 Å². The van der Waals surface area contributed by atoms with Gasteiger partial charge in [-0.05, 0) is 24.6 Å². The third kappa shape index (κ3) is 2.68. The van der Waals surface area contributed by atoms with E-state index in [1.165, 1.54) is 0 Å². The maximum Gasteiger partial charge on any atom is 0.324 e. The number of sulfonamides is 1. The van der Waals surface area contributed by atoms with Crippen LogP contribution in [0, 0.1) is 11.6 Å². The first-order valence-corrected chi connectivity index (χ1v) is 8.30. The second kappa shape index (κ2) is 5.53. The van der Waals surface area contributed by atoms with Crippen LogP contribution in [0.1, 0.15) is 6.42 Å². The molecule has 10 heteroatoms. The number of amides is 3. The van der Waals surface area contributed by atoms with Crippen LogP contribution in [0.3, 0.4) is 0 Å². The lowest BCUT2D eigenvalue weighted by molar-refractivity contribution is -0.126. The minimum absolute atomic E-state index is 0.0139. The third-order valence-electron chi connectivity index (χ3n) is 3.88. The van der Waals surface area contributed by atoms with Crippen molar-refractivity contribution < 1.29 is 26.8 Å². The molecule has 0 aliphatic carbocycles. The van der Waals surface area contributed by atoms with E-state index < -0.39 is 44.5 Å². The molecule has 1 atom stereocenters. The quantitative estimate of drug-likeness (QED) is 0.797. The molecule has 0 aromatic heterocycles. The molecule has 2 aliphatic rings. The predicted molar refractivity (Wildman–Crippen MR) is 73.8 cm³/mol. The van der Waals surface area contributed by atoms with Gasteiger partial charge >= 0.3 is 6.03 Å². The van der Waals surface area contributed by atoms with E-state index in [0.29, 0.717) is 6.07 Å². The van der Waals surface area contributed by atoms with E-state index in [0.717, 1.165) is 21.3 Å². The molecule has 124 valence electrons. The van der Waals surface area contributed by atoms with Gasteiger partial charge in [-0.3, -0.25) is 9.69 Å². The number of benzene rings is 1. The summed E-state index contributed by atoms with van der Waals surface area (Å²) in [5.41, 5.74) is 0. The third-order valence-corrected chi connectivity index (χ3v) is 5.76. The Morgan fingerprint density at radius 3 is 2.61 bits per heavy atom. The number of nitrogens with zero attached hydrogens (tertiary/aromatic N) is 2. The monoisotopic (exact) mass is 345 g/mol. The maximum absolute atomic E-state index is 13.7. The number of imide groups is 1. The Hall–Kier alpha value is -2.07. The maximum atomic E-state index is 13.7. The van der Waals surface area contributed by atoms with Gasteiger partial charge in [0.05, 0.1) is 12.6 Å². The lowest BCUT2D eigenvalue weighted by atomic mass is 10.2. The van der Waals surface area contributed by atoms with Gasteiger partial charge in [0.25, 0.3) is 0 Å². The zero-order chi connectivity index (χ0) is 16.8. The highest BCUT2D eigenvalue weighted by Crippen LogP contribution is 2.26. The number of nitrogens with one attached hydrogen (secondary N) is 1. The van der Waals surface area contributed by atoms with E-state index in [1.807, 2.05) is 0 Å². The Kier molecular flexibility index (Phi) is 3.80. The Balaban J connectivity index is 1.84. The Bertz CT molecular complexity index is 767. The molecule has 3 rings (SSSR count). The summed E-state index contributed by atoms with van der Waals surface area (Å²) in [6.07, 6.45) is 0.245. The first-order valence-electron chi connectivity index (χ1n) is 6.86. The fraction of sp³-hybridized carbons (Fsp3) is 0.385. The summed E-state index contributed by atoms with van der Waals surface area (Å²) in [7, 11) is -4.24. The highest BCUT2D eigenvalue weighted by atomic mass is 32.2. The fourth-order valence-electron chi connectivity index (χ4n) is 2.76. The van der Waals surface area contributed by atoms with E-state index in [2.05, 4.69) is 5.32 Å². The van der Waals surface area contributed by atoms with Crippen molar-refractivity contribution in [3.63, 3.8) is 0 Å².